The minimum absolute atomic E-state index is 0.137. The molecule has 3 rings (SSSR count). The van der Waals surface area contributed by atoms with Crippen LogP contribution >= 0.6 is 15.9 Å². The number of hydrogen-bond acceptors (Lipinski definition) is 4. The van der Waals surface area contributed by atoms with Gasteiger partial charge in [0.2, 0.25) is 0 Å². The third-order valence-corrected chi connectivity index (χ3v) is 4.04. The molecule has 1 saturated carbocycles. The first-order valence-electron chi connectivity index (χ1n) is 6.63. The fraction of sp³-hybridized carbons (Fsp3) is 0.538. The van der Waals surface area contributed by atoms with Gasteiger partial charge >= 0.3 is 0 Å². The van der Waals surface area contributed by atoms with Gasteiger partial charge in [-0.05, 0) is 41.1 Å². The average Bonchev–Trinajstić information content (AvgIpc) is 2.84. The van der Waals surface area contributed by atoms with Crippen molar-refractivity contribution in [1.29, 1.82) is 0 Å². The third kappa shape index (κ3) is 2.90. The average molecular weight is 325 g/mol. The van der Waals surface area contributed by atoms with Crippen molar-refractivity contribution in [3.8, 4) is 0 Å². The molecule has 0 amide bonds. The normalized spacial score (nSPS) is 23.7. The van der Waals surface area contributed by atoms with Crippen LogP contribution in [-0.4, -0.2) is 32.1 Å². The lowest BCUT2D eigenvalue weighted by molar-refractivity contribution is 0.104. The number of nitrogens with zero attached hydrogens (tertiary/aromatic N) is 3. The number of halogens is 1. The van der Waals surface area contributed by atoms with Crippen LogP contribution in [0.15, 0.2) is 23.2 Å². The molecule has 2 aromatic heterocycles. The smallest absolute Gasteiger partial charge is 0.180 e. The molecule has 0 bridgehead atoms. The zero-order valence-corrected chi connectivity index (χ0v) is 12.2. The van der Waals surface area contributed by atoms with Crippen LogP contribution < -0.4 is 5.32 Å². The first-order valence-corrected chi connectivity index (χ1v) is 7.43. The highest BCUT2D eigenvalue weighted by Gasteiger charge is 2.20. The molecular formula is C13H17BrN4O. The Morgan fingerprint density at radius 2 is 2.37 bits per heavy atom. The Morgan fingerprint density at radius 3 is 3.21 bits per heavy atom. The topological polar surface area (TPSA) is 62.5 Å². The minimum Gasteiger partial charge on any atom is -0.393 e. The van der Waals surface area contributed by atoms with Crippen LogP contribution in [0.3, 0.4) is 0 Å². The first-order chi connectivity index (χ1) is 9.22. The summed E-state index contributed by atoms with van der Waals surface area (Å²) in [6.07, 6.45) is 9.51. The summed E-state index contributed by atoms with van der Waals surface area (Å²) in [6.45, 7) is 0.836. The molecule has 2 unspecified atom stereocenters. The summed E-state index contributed by atoms with van der Waals surface area (Å²) < 4.78 is 2.72. The summed E-state index contributed by atoms with van der Waals surface area (Å²) in [5.74, 6) is 1.30. The first kappa shape index (κ1) is 12.9. The van der Waals surface area contributed by atoms with Crippen molar-refractivity contribution < 1.29 is 5.11 Å². The van der Waals surface area contributed by atoms with Crippen molar-refractivity contribution in [2.24, 2.45) is 5.92 Å². The van der Waals surface area contributed by atoms with Crippen LogP contribution in [-0.2, 0) is 0 Å². The van der Waals surface area contributed by atoms with Gasteiger partial charge in [-0.1, -0.05) is 6.42 Å². The second kappa shape index (κ2) is 5.46. The largest absolute Gasteiger partial charge is 0.393 e. The monoisotopic (exact) mass is 324 g/mol. The van der Waals surface area contributed by atoms with E-state index in [4.69, 9.17) is 0 Å². The van der Waals surface area contributed by atoms with E-state index in [-0.39, 0.29) is 6.10 Å². The summed E-state index contributed by atoms with van der Waals surface area (Å²) in [5.41, 5.74) is 0.833. The van der Waals surface area contributed by atoms with E-state index in [1.54, 1.807) is 6.20 Å². The third-order valence-electron chi connectivity index (χ3n) is 3.66. The molecule has 19 heavy (non-hydrogen) atoms. The Kier molecular flexibility index (Phi) is 3.70. The molecule has 2 atom stereocenters. The van der Waals surface area contributed by atoms with E-state index < -0.39 is 0 Å². The second-order valence-electron chi connectivity index (χ2n) is 5.14. The van der Waals surface area contributed by atoms with Crippen LogP contribution in [0.4, 0.5) is 5.82 Å². The second-order valence-corrected chi connectivity index (χ2v) is 5.95. The summed E-state index contributed by atoms with van der Waals surface area (Å²) >= 11 is 3.40. The molecule has 0 aliphatic heterocycles. The molecule has 2 heterocycles. The number of aliphatic hydroxyl groups is 1. The summed E-state index contributed by atoms with van der Waals surface area (Å²) in [4.78, 5) is 8.74. The van der Waals surface area contributed by atoms with Gasteiger partial charge in [-0.15, -0.1) is 0 Å². The number of aromatic nitrogens is 3. The van der Waals surface area contributed by atoms with Gasteiger partial charge < -0.3 is 14.8 Å². The van der Waals surface area contributed by atoms with E-state index in [1.165, 1.54) is 6.42 Å². The van der Waals surface area contributed by atoms with Gasteiger partial charge in [-0.2, -0.15) is 0 Å². The number of imidazole rings is 1. The number of anilines is 1. The SMILES string of the molecule is OC1CCCC(CNc2nc(Br)cn3ccnc23)C1. The lowest BCUT2D eigenvalue weighted by Crippen LogP contribution is -2.25. The highest BCUT2D eigenvalue weighted by molar-refractivity contribution is 9.10. The van der Waals surface area contributed by atoms with Crippen molar-refractivity contribution >= 4 is 27.4 Å². The molecule has 2 N–H and O–H groups in total. The molecule has 1 aliphatic carbocycles. The lowest BCUT2D eigenvalue weighted by Gasteiger charge is -2.26. The van der Waals surface area contributed by atoms with Gasteiger partial charge in [0.15, 0.2) is 11.5 Å². The number of aliphatic hydroxyl groups excluding tert-OH is 1. The molecule has 1 aliphatic rings. The van der Waals surface area contributed by atoms with Crippen molar-refractivity contribution in [2.75, 3.05) is 11.9 Å². The van der Waals surface area contributed by atoms with Gasteiger partial charge in [0.25, 0.3) is 0 Å². The Morgan fingerprint density at radius 1 is 1.47 bits per heavy atom. The van der Waals surface area contributed by atoms with Gasteiger partial charge in [0.1, 0.15) is 4.60 Å². The van der Waals surface area contributed by atoms with E-state index in [9.17, 15) is 5.11 Å². The fourth-order valence-electron chi connectivity index (χ4n) is 2.71. The van der Waals surface area contributed by atoms with Crippen LogP contribution in [0.5, 0.6) is 0 Å². The van der Waals surface area contributed by atoms with E-state index in [1.807, 2.05) is 16.8 Å². The highest BCUT2D eigenvalue weighted by Crippen LogP contribution is 2.25. The quantitative estimate of drug-likeness (QED) is 0.910. The van der Waals surface area contributed by atoms with Crippen molar-refractivity contribution in [3.05, 3.63) is 23.2 Å². The van der Waals surface area contributed by atoms with Crippen LogP contribution in [0, 0.1) is 5.92 Å². The molecule has 0 aromatic carbocycles. The molecule has 2 aromatic rings. The Hall–Kier alpha value is -1.14. The number of rotatable bonds is 3. The number of fused-ring (bicyclic) bond motifs is 1. The Balaban J connectivity index is 1.72. The van der Waals surface area contributed by atoms with E-state index in [2.05, 4.69) is 31.2 Å². The van der Waals surface area contributed by atoms with Crippen molar-refractivity contribution in [1.82, 2.24) is 14.4 Å². The van der Waals surface area contributed by atoms with Gasteiger partial charge in [-0.25, -0.2) is 9.97 Å². The van der Waals surface area contributed by atoms with Crippen molar-refractivity contribution in [2.45, 2.75) is 31.8 Å². The lowest BCUT2D eigenvalue weighted by atomic mass is 9.87. The van der Waals surface area contributed by atoms with Gasteiger partial charge in [0, 0.05) is 25.1 Å². The summed E-state index contributed by atoms with van der Waals surface area (Å²) in [6, 6.07) is 0. The maximum absolute atomic E-state index is 9.69. The molecule has 0 spiro atoms. The molecule has 102 valence electrons. The highest BCUT2D eigenvalue weighted by atomic mass is 79.9. The molecule has 1 fully saturated rings. The number of nitrogens with one attached hydrogen (secondary N) is 1. The van der Waals surface area contributed by atoms with E-state index in [0.29, 0.717) is 5.92 Å². The molecule has 5 nitrogen and oxygen atoms in total. The predicted molar refractivity (Wildman–Crippen MR) is 77.1 cm³/mol. The minimum atomic E-state index is -0.137. The maximum Gasteiger partial charge on any atom is 0.180 e. The van der Waals surface area contributed by atoms with Crippen molar-refractivity contribution in [3.63, 3.8) is 0 Å². The molecule has 0 radical (unpaired) electrons. The zero-order valence-electron chi connectivity index (χ0n) is 10.6. The molecule has 0 saturated heterocycles. The predicted octanol–water partition coefficient (Wildman–Crippen LogP) is 2.45. The van der Waals surface area contributed by atoms with Gasteiger partial charge in [0.05, 0.1) is 6.10 Å². The fourth-order valence-corrected chi connectivity index (χ4v) is 3.11. The van der Waals surface area contributed by atoms with Gasteiger partial charge in [-0.3, -0.25) is 0 Å². The summed E-state index contributed by atoms with van der Waals surface area (Å²) in [5, 5.41) is 13.1. The Bertz CT molecular complexity index is 571. The van der Waals surface area contributed by atoms with E-state index >= 15 is 0 Å². The zero-order chi connectivity index (χ0) is 13.2. The van der Waals surface area contributed by atoms with Crippen LogP contribution in [0.25, 0.3) is 5.65 Å². The van der Waals surface area contributed by atoms with Crippen LogP contribution in [0.1, 0.15) is 25.7 Å². The Labute approximate surface area is 120 Å². The maximum atomic E-state index is 9.69. The number of hydrogen-bond donors (Lipinski definition) is 2. The molecular weight excluding hydrogens is 308 g/mol. The van der Waals surface area contributed by atoms with Crippen LogP contribution in [0.2, 0.25) is 0 Å². The van der Waals surface area contributed by atoms with E-state index in [0.717, 1.165) is 41.9 Å². The summed E-state index contributed by atoms with van der Waals surface area (Å²) in [7, 11) is 0. The molecule has 6 heteroatoms. The standard InChI is InChI=1S/C13H17BrN4O/c14-11-8-18-5-4-15-13(18)12(17-11)16-7-9-2-1-3-10(19)6-9/h4-5,8-10,19H,1-3,6-7H2,(H,16,17).